The highest BCUT2D eigenvalue weighted by molar-refractivity contribution is 6.30. The van der Waals surface area contributed by atoms with Crippen LogP contribution in [-0.2, 0) is 13.5 Å². The van der Waals surface area contributed by atoms with Gasteiger partial charge in [-0.25, -0.2) is 0 Å². The van der Waals surface area contributed by atoms with Crippen LogP contribution in [0.5, 0.6) is 0 Å². The van der Waals surface area contributed by atoms with Crippen molar-refractivity contribution < 1.29 is 0 Å². The molecule has 0 spiro atoms. The van der Waals surface area contributed by atoms with Crippen LogP contribution < -0.4 is 5.32 Å². The minimum Gasteiger partial charge on any atom is -0.314 e. The summed E-state index contributed by atoms with van der Waals surface area (Å²) in [7, 11) is 1.90. The van der Waals surface area contributed by atoms with Crippen molar-refractivity contribution in [3.05, 3.63) is 16.4 Å². The van der Waals surface area contributed by atoms with Crippen LogP contribution in [0.4, 0.5) is 0 Å². The standard InChI is InChI=1S/C14H26ClN3/c1-6-7-12(9-16-10(2)3)8-13-11(4)17-18(5)14(13)15/h10,12,16H,6-9H2,1-5H3. The largest absolute Gasteiger partial charge is 0.314 e. The van der Waals surface area contributed by atoms with Crippen LogP contribution >= 0.6 is 11.6 Å². The van der Waals surface area contributed by atoms with Gasteiger partial charge in [0.15, 0.2) is 0 Å². The normalized spacial score (nSPS) is 13.3. The molecule has 0 aromatic carbocycles. The Bertz CT molecular complexity index is 371. The lowest BCUT2D eigenvalue weighted by atomic mass is 9.95. The molecular formula is C14H26ClN3. The van der Waals surface area contributed by atoms with E-state index < -0.39 is 0 Å². The summed E-state index contributed by atoms with van der Waals surface area (Å²) in [6.07, 6.45) is 3.46. The summed E-state index contributed by atoms with van der Waals surface area (Å²) in [6.45, 7) is 9.70. The maximum atomic E-state index is 6.30. The summed E-state index contributed by atoms with van der Waals surface area (Å²) >= 11 is 6.30. The van der Waals surface area contributed by atoms with Crippen molar-refractivity contribution in [2.24, 2.45) is 13.0 Å². The van der Waals surface area contributed by atoms with E-state index >= 15 is 0 Å². The molecule has 1 heterocycles. The molecule has 0 radical (unpaired) electrons. The minimum atomic E-state index is 0.537. The van der Waals surface area contributed by atoms with E-state index in [0.29, 0.717) is 12.0 Å². The third kappa shape index (κ3) is 4.29. The van der Waals surface area contributed by atoms with Crippen LogP contribution in [0, 0.1) is 12.8 Å². The van der Waals surface area contributed by atoms with Crippen molar-refractivity contribution in [2.45, 2.75) is 53.0 Å². The van der Waals surface area contributed by atoms with Crippen molar-refractivity contribution in [3.8, 4) is 0 Å². The maximum absolute atomic E-state index is 6.30. The van der Waals surface area contributed by atoms with Gasteiger partial charge in [0.1, 0.15) is 5.15 Å². The fourth-order valence-electron chi connectivity index (χ4n) is 2.28. The summed E-state index contributed by atoms with van der Waals surface area (Å²) in [5, 5.41) is 8.70. The maximum Gasteiger partial charge on any atom is 0.130 e. The number of nitrogens with one attached hydrogen (secondary N) is 1. The molecule has 1 aromatic rings. The van der Waals surface area contributed by atoms with Crippen molar-refractivity contribution in [1.82, 2.24) is 15.1 Å². The first-order chi connectivity index (χ1) is 8.45. The van der Waals surface area contributed by atoms with Crippen LogP contribution in [0.25, 0.3) is 0 Å². The average Bonchev–Trinajstić information content (AvgIpc) is 2.53. The van der Waals surface area contributed by atoms with Gasteiger partial charge in [-0.15, -0.1) is 0 Å². The highest BCUT2D eigenvalue weighted by atomic mass is 35.5. The Morgan fingerprint density at radius 2 is 2.06 bits per heavy atom. The van der Waals surface area contributed by atoms with E-state index in [9.17, 15) is 0 Å². The number of hydrogen-bond acceptors (Lipinski definition) is 2. The van der Waals surface area contributed by atoms with Crippen molar-refractivity contribution in [3.63, 3.8) is 0 Å². The summed E-state index contributed by atoms with van der Waals surface area (Å²) in [5.41, 5.74) is 2.27. The molecule has 0 bridgehead atoms. The Labute approximate surface area is 116 Å². The second kappa shape index (κ2) is 7.15. The molecule has 0 saturated heterocycles. The van der Waals surface area contributed by atoms with E-state index in [1.807, 2.05) is 14.0 Å². The van der Waals surface area contributed by atoms with Gasteiger partial charge in [0.25, 0.3) is 0 Å². The lowest BCUT2D eigenvalue weighted by molar-refractivity contribution is 0.418. The molecule has 1 aromatic heterocycles. The summed E-state index contributed by atoms with van der Waals surface area (Å²) in [4.78, 5) is 0. The quantitative estimate of drug-likeness (QED) is 0.824. The highest BCUT2D eigenvalue weighted by Gasteiger charge is 2.16. The zero-order chi connectivity index (χ0) is 13.7. The van der Waals surface area contributed by atoms with Crippen LogP contribution in [0.1, 0.15) is 44.9 Å². The highest BCUT2D eigenvalue weighted by Crippen LogP contribution is 2.23. The first kappa shape index (κ1) is 15.5. The number of hydrogen-bond donors (Lipinski definition) is 1. The van der Waals surface area contributed by atoms with E-state index in [4.69, 9.17) is 11.6 Å². The molecule has 0 aliphatic carbocycles. The predicted molar refractivity (Wildman–Crippen MR) is 78.2 cm³/mol. The fraction of sp³-hybridized carbons (Fsp3) is 0.786. The van der Waals surface area contributed by atoms with Gasteiger partial charge in [-0.1, -0.05) is 38.8 Å². The fourth-order valence-corrected chi connectivity index (χ4v) is 2.53. The van der Waals surface area contributed by atoms with Crippen molar-refractivity contribution in [1.29, 1.82) is 0 Å². The van der Waals surface area contributed by atoms with E-state index in [1.165, 1.54) is 18.4 Å². The Balaban J connectivity index is 2.70. The van der Waals surface area contributed by atoms with Crippen molar-refractivity contribution in [2.75, 3.05) is 6.54 Å². The van der Waals surface area contributed by atoms with Gasteiger partial charge in [0.05, 0.1) is 5.69 Å². The lowest BCUT2D eigenvalue weighted by Gasteiger charge is -2.18. The van der Waals surface area contributed by atoms with Crippen LogP contribution in [-0.4, -0.2) is 22.4 Å². The van der Waals surface area contributed by atoms with Gasteiger partial charge in [-0.05, 0) is 32.2 Å². The Morgan fingerprint density at radius 1 is 1.39 bits per heavy atom. The molecule has 0 amide bonds. The lowest BCUT2D eigenvalue weighted by Crippen LogP contribution is -2.30. The van der Waals surface area contributed by atoms with E-state index in [2.05, 4.69) is 31.2 Å². The molecule has 1 rings (SSSR count). The SMILES string of the molecule is CCCC(CNC(C)C)Cc1c(C)nn(C)c1Cl. The third-order valence-electron chi connectivity index (χ3n) is 3.27. The zero-order valence-corrected chi connectivity index (χ0v) is 13.0. The van der Waals surface area contributed by atoms with E-state index in [-0.39, 0.29) is 0 Å². The molecular weight excluding hydrogens is 246 g/mol. The van der Waals surface area contributed by atoms with Gasteiger partial charge in [-0.3, -0.25) is 4.68 Å². The molecule has 0 aliphatic heterocycles. The molecule has 1 atom stereocenters. The smallest absolute Gasteiger partial charge is 0.130 e. The van der Waals surface area contributed by atoms with Crippen molar-refractivity contribution >= 4 is 11.6 Å². The first-order valence-corrected chi connectivity index (χ1v) is 7.24. The molecule has 3 nitrogen and oxygen atoms in total. The topological polar surface area (TPSA) is 29.9 Å². The number of rotatable bonds is 7. The minimum absolute atomic E-state index is 0.537. The molecule has 0 saturated carbocycles. The van der Waals surface area contributed by atoms with Crippen LogP contribution in [0.3, 0.4) is 0 Å². The van der Waals surface area contributed by atoms with Gasteiger partial charge >= 0.3 is 0 Å². The summed E-state index contributed by atoms with van der Waals surface area (Å²) < 4.78 is 1.77. The molecule has 1 N–H and O–H groups in total. The van der Waals surface area contributed by atoms with E-state index in [1.54, 1.807) is 4.68 Å². The summed E-state index contributed by atoms with van der Waals surface area (Å²) in [6, 6.07) is 0.537. The molecule has 1 unspecified atom stereocenters. The Morgan fingerprint density at radius 3 is 2.50 bits per heavy atom. The molecule has 104 valence electrons. The molecule has 0 fully saturated rings. The van der Waals surface area contributed by atoms with Gasteiger partial charge in [0.2, 0.25) is 0 Å². The van der Waals surface area contributed by atoms with Gasteiger partial charge in [-0.2, -0.15) is 5.10 Å². The average molecular weight is 272 g/mol. The Hall–Kier alpha value is -0.540. The Kier molecular flexibility index (Phi) is 6.16. The van der Waals surface area contributed by atoms with Crippen LogP contribution in [0.15, 0.2) is 0 Å². The first-order valence-electron chi connectivity index (χ1n) is 6.87. The van der Waals surface area contributed by atoms with E-state index in [0.717, 1.165) is 23.8 Å². The van der Waals surface area contributed by atoms with Crippen LogP contribution in [0.2, 0.25) is 5.15 Å². The number of nitrogens with zero attached hydrogens (tertiary/aromatic N) is 2. The number of halogens is 1. The molecule has 18 heavy (non-hydrogen) atoms. The zero-order valence-electron chi connectivity index (χ0n) is 12.3. The van der Waals surface area contributed by atoms with Gasteiger partial charge < -0.3 is 5.32 Å². The second-order valence-corrected chi connectivity index (χ2v) is 5.76. The summed E-state index contributed by atoms with van der Waals surface area (Å²) in [5.74, 6) is 0.637. The van der Waals surface area contributed by atoms with Gasteiger partial charge in [0, 0.05) is 18.7 Å². The third-order valence-corrected chi connectivity index (χ3v) is 3.75. The predicted octanol–water partition coefficient (Wildman–Crippen LogP) is 3.34. The molecule has 0 aliphatic rings. The number of aromatic nitrogens is 2. The number of aryl methyl sites for hydroxylation is 2. The monoisotopic (exact) mass is 271 g/mol. The second-order valence-electron chi connectivity index (χ2n) is 5.40. The molecule has 4 heteroatoms.